The monoisotopic (exact) mass is 240 g/mol. The molecule has 0 fully saturated rings. The quantitative estimate of drug-likeness (QED) is 0.508. The molecule has 0 bridgehead atoms. The highest BCUT2D eigenvalue weighted by Gasteiger charge is 2.28. The number of hydrogen-bond acceptors (Lipinski definition) is 2. The molecule has 0 spiro atoms. The topological polar surface area (TPSA) is 6.48 Å². The SMILES string of the molecule is Cc1ccc2c(c1)N(C)C(Br)N2C. The van der Waals surface area contributed by atoms with Crippen molar-refractivity contribution in [1.82, 2.24) is 0 Å². The first-order valence-electron chi connectivity index (χ1n) is 4.31. The maximum Gasteiger partial charge on any atom is 0.159 e. The molecule has 1 aliphatic heterocycles. The van der Waals surface area contributed by atoms with E-state index in [2.05, 4.69) is 64.9 Å². The van der Waals surface area contributed by atoms with Crippen LogP contribution in [0, 0.1) is 6.92 Å². The Kier molecular flexibility index (Phi) is 1.99. The van der Waals surface area contributed by atoms with E-state index >= 15 is 0 Å². The average Bonchev–Trinajstić information content (AvgIpc) is 2.32. The molecule has 0 saturated heterocycles. The van der Waals surface area contributed by atoms with Gasteiger partial charge in [-0.05, 0) is 40.5 Å². The van der Waals surface area contributed by atoms with Gasteiger partial charge in [0.2, 0.25) is 0 Å². The number of alkyl halides is 1. The lowest BCUT2D eigenvalue weighted by atomic mass is 10.2. The van der Waals surface area contributed by atoms with Crippen molar-refractivity contribution in [2.45, 2.75) is 12.0 Å². The normalized spacial score (nSPS) is 20.8. The van der Waals surface area contributed by atoms with Gasteiger partial charge >= 0.3 is 0 Å². The summed E-state index contributed by atoms with van der Waals surface area (Å²) in [4.78, 5) is 4.44. The Hall–Kier alpha value is -0.700. The molecule has 13 heavy (non-hydrogen) atoms. The zero-order valence-electron chi connectivity index (χ0n) is 8.08. The third-order valence-electron chi connectivity index (χ3n) is 2.53. The van der Waals surface area contributed by atoms with Gasteiger partial charge in [-0.3, -0.25) is 0 Å². The lowest BCUT2D eigenvalue weighted by Gasteiger charge is -2.21. The second-order valence-corrected chi connectivity index (χ2v) is 4.34. The predicted octanol–water partition coefficient (Wildman–Crippen LogP) is 2.56. The number of nitrogens with zero attached hydrogens (tertiary/aromatic N) is 2. The summed E-state index contributed by atoms with van der Waals surface area (Å²) in [5.74, 6) is 0. The van der Waals surface area contributed by atoms with Gasteiger partial charge < -0.3 is 9.80 Å². The molecule has 1 unspecified atom stereocenters. The Bertz CT molecular complexity index is 338. The second-order valence-electron chi connectivity index (χ2n) is 3.52. The summed E-state index contributed by atoms with van der Waals surface area (Å²) in [6.07, 6.45) is 0. The van der Waals surface area contributed by atoms with Crippen LogP contribution in [0.4, 0.5) is 11.4 Å². The summed E-state index contributed by atoms with van der Waals surface area (Å²) in [7, 11) is 4.19. The molecule has 1 aromatic rings. The minimum atomic E-state index is 0.282. The molecule has 0 saturated carbocycles. The summed E-state index contributed by atoms with van der Waals surface area (Å²) in [6, 6.07) is 6.53. The molecule has 1 aliphatic rings. The third-order valence-corrected chi connectivity index (χ3v) is 3.76. The highest BCUT2D eigenvalue weighted by molar-refractivity contribution is 9.09. The summed E-state index contributed by atoms with van der Waals surface area (Å²) in [5.41, 5.74) is 3.89. The minimum absolute atomic E-state index is 0.282. The highest BCUT2D eigenvalue weighted by Crippen LogP contribution is 2.39. The van der Waals surface area contributed by atoms with Gasteiger partial charge in [0.25, 0.3) is 0 Å². The van der Waals surface area contributed by atoms with Crippen LogP contribution in [0.2, 0.25) is 0 Å². The van der Waals surface area contributed by atoms with E-state index in [0.717, 1.165) is 0 Å². The van der Waals surface area contributed by atoms with Crippen LogP contribution in [0.15, 0.2) is 18.2 Å². The number of benzene rings is 1. The molecular weight excluding hydrogens is 228 g/mol. The van der Waals surface area contributed by atoms with E-state index in [1.165, 1.54) is 16.9 Å². The van der Waals surface area contributed by atoms with Crippen molar-refractivity contribution in [3.05, 3.63) is 23.8 Å². The molecule has 2 rings (SSSR count). The zero-order chi connectivity index (χ0) is 9.59. The molecule has 2 nitrogen and oxygen atoms in total. The van der Waals surface area contributed by atoms with Crippen molar-refractivity contribution in [3.8, 4) is 0 Å². The Labute approximate surface area is 87.3 Å². The lowest BCUT2D eigenvalue weighted by molar-refractivity contribution is 0.870. The van der Waals surface area contributed by atoms with Gasteiger partial charge in [0.1, 0.15) is 0 Å². The second kappa shape index (κ2) is 2.91. The summed E-state index contributed by atoms with van der Waals surface area (Å²) in [5, 5.41) is 0.282. The van der Waals surface area contributed by atoms with Crippen molar-refractivity contribution in [1.29, 1.82) is 0 Å². The highest BCUT2D eigenvalue weighted by atomic mass is 79.9. The number of rotatable bonds is 0. The van der Waals surface area contributed by atoms with E-state index in [1.54, 1.807) is 0 Å². The van der Waals surface area contributed by atoms with Gasteiger partial charge in [0.15, 0.2) is 5.08 Å². The molecule has 0 N–H and O–H groups in total. The van der Waals surface area contributed by atoms with E-state index in [1.807, 2.05) is 0 Å². The van der Waals surface area contributed by atoms with Gasteiger partial charge in [-0.2, -0.15) is 0 Å². The van der Waals surface area contributed by atoms with Crippen LogP contribution < -0.4 is 9.80 Å². The van der Waals surface area contributed by atoms with Gasteiger partial charge in [-0.1, -0.05) is 6.07 Å². The molecular formula is C10H13BrN2. The van der Waals surface area contributed by atoms with Gasteiger partial charge in [-0.15, -0.1) is 0 Å². The first-order valence-corrected chi connectivity index (χ1v) is 5.23. The van der Waals surface area contributed by atoms with E-state index in [9.17, 15) is 0 Å². The Balaban J connectivity index is 2.54. The summed E-state index contributed by atoms with van der Waals surface area (Å²) < 4.78 is 0. The maximum atomic E-state index is 3.63. The number of anilines is 2. The fraction of sp³-hybridized carbons (Fsp3) is 0.400. The van der Waals surface area contributed by atoms with Gasteiger partial charge in [-0.25, -0.2) is 0 Å². The molecule has 1 aromatic carbocycles. The molecule has 3 heteroatoms. The van der Waals surface area contributed by atoms with E-state index in [0.29, 0.717) is 0 Å². The van der Waals surface area contributed by atoms with Gasteiger partial charge in [0, 0.05) is 14.1 Å². The predicted molar refractivity (Wildman–Crippen MR) is 60.7 cm³/mol. The van der Waals surface area contributed by atoms with E-state index < -0.39 is 0 Å². The Morgan fingerprint density at radius 2 is 1.77 bits per heavy atom. The standard InChI is InChI=1S/C10H13BrN2/c1-7-4-5-8-9(6-7)13(3)10(11)12(8)2/h4-6,10H,1-3H3. The van der Waals surface area contributed by atoms with Crippen LogP contribution in [-0.4, -0.2) is 19.2 Å². The molecule has 1 atom stereocenters. The van der Waals surface area contributed by atoms with E-state index in [-0.39, 0.29) is 5.08 Å². The summed E-state index contributed by atoms with van der Waals surface area (Å²) in [6.45, 7) is 2.12. The first-order chi connectivity index (χ1) is 6.11. The van der Waals surface area contributed by atoms with Gasteiger partial charge in [0.05, 0.1) is 11.4 Å². The fourth-order valence-electron chi connectivity index (χ4n) is 1.70. The number of fused-ring (bicyclic) bond motifs is 1. The van der Waals surface area contributed by atoms with Crippen molar-refractivity contribution in [3.63, 3.8) is 0 Å². The Morgan fingerprint density at radius 3 is 2.46 bits per heavy atom. The maximum absolute atomic E-state index is 3.63. The van der Waals surface area contributed by atoms with Crippen LogP contribution >= 0.6 is 15.9 Å². The fourth-order valence-corrected chi connectivity index (χ4v) is 2.14. The largest absolute Gasteiger partial charge is 0.344 e. The Morgan fingerprint density at radius 1 is 1.15 bits per heavy atom. The van der Waals surface area contributed by atoms with Crippen molar-refractivity contribution in [2.75, 3.05) is 23.9 Å². The molecule has 70 valence electrons. The van der Waals surface area contributed by atoms with Crippen LogP contribution in [0.1, 0.15) is 5.56 Å². The first kappa shape index (κ1) is 8.88. The minimum Gasteiger partial charge on any atom is -0.344 e. The number of halogens is 1. The molecule has 0 aromatic heterocycles. The number of hydrogen-bond donors (Lipinski definition) is 0. The number of aryl methyl sites for hydroxylation is 1. The summed E-state index contributed by atoms with van der Waals surface area (Å²) >= 11 is 3.63. The zero-order valence-corrected chi connectivity index (χ0v) is 9.67. The van der Waals surface area contributed by atoms with Crippen molar-refractivity contribution >= 4 is 27.3 Å². The molecule has 0 radical (unpaired) electrons. The van der Waals surface area contributed by atoms with Crippen LogP contribution in [-0.2, 0) is 0 Å². The van der Waals surface area contributed by atoms with Crippen LogP contribution in [0.3, 0.4) is 0 Å². The van der Waals surface area contributed by atoms with Crippen LogP contribution in [0.25, 0.3) is 0 Å². The van der Waals surface area contributed by atoms with E-state index in [4.69, 9.17) is 0 Å². The smallest absolute Gasteiger partial charge is 0.159 e. The van der Waals surface area contributed by atoms with Crippen LogP contribution in [0.5, 0.6) is 0 Å². The van der Waals surface area contributed by atoms with Crippen molar-refractivity contribution in [2.24, 2.45) is 0 Å². The lowest BCUT2D eigenvalue weighted by Crippen LogP contribution is -2.33. The molecule has 0 amide bonds. The molecule has 0 aliphatic carbocycles. The third kappa shape index (κ3) is 1.22. The average molecular weight is 241 g/mol. The molecule has 1 heterocycles. The van der Waals surface area contributed by atoms with Crippen molar-refractivity contribution < 1.29 is 0 Å².